The lowest BCUT2D eigenvalue weighted by Crippen LogP contribution is -2.43. The highest BCUT2D eigenvalue weighted by Crippen LogP contribution is 2.47. The predicted molar refractivity (Wildman–Crippen MR) is 109 cm³/mol. The van der Waals surface area contributed by atoms with Gasteiger partial charge in [-0.05, 0) is 61.6 Å². The van der Waals surface area contributed by atoms with E-state index in [9.17, 15) is 24.9 Å². The third-order valence-corrected chi connectivity index (χ3v) is 6.95. The van der Waals surface area contributed by atoms with E-state index in [1.165, 1.54) is 6.07 Å². The maximum absolute atomic E-state index is 12.2. The van der Waals surface area contributed by atoms with Crippen molar-refractivity contribution in [3.63, 3.8) is 0 Å². The Morgan fingerprint density at radius 1 is 1.36 bits per heavy atom. The van der Waals surface area contributed by atoms with Gasteiger partial charge < -0.3 is 15.3 Å². The van der Waals surface area contributed by atoms with Crippen LogP contribution in [0, 0.1) is 24.2 Å². The summed E-state index contributed by atoms with van der Waals surface area (Å²) in [4.78, 5) is 23.4. The van der Waals surface area contributed by atoms with Crippen molar-refractivity contribution in [1.82, 2.24) is 0 Å². The van der Waals surface area contributed by atoms with Crippen molar-refractivity contribution < 1.29 is 24.9 Å². The number of aryl methyl sites for hydroxylation is 1. The summed E-state index contributed by atoms with van der Waals surface area (Å²) in [5.74, 6) is 0.191. The fraction of sp³-hybridized carbons (Fsp3) is 0.565. The van der Waals surface area contributed by atoms with Crippen molar-refractivity contribution in [1.29, 1.82) is 0 Å². The molecule has 0 saturated heterocycles. The maximum atomic E-state index is 12.2. The molecule has 3 N–H and O–H groups in total. The summed E-state index contributed by atoms with van der Waals surface area (Å²) < 4.78 is 0. The molecular weight excluding hydrogens is 356 g/mol. The average Bonchev–Trinajstić information content (AvgIpc) is 2.63. The van der Waals surface area contributed by atoms with Crippen LogP contribution in [-0.4, -0.2) is 33.5 Å². The molecule has 0 unspecified atom stereocenters. The van der Waals surface area contributed by atoms with Crippen molar-refractivity contribution in [2.24, 2.45) is 17.3 Å². The number of benzene rings is 1. The zero-order valence-corrected chi connectivity index (χ0v) is 17.5. The number of hydrogen-bond donors (Lipinski definition) is 3. The fourth-order valence-electron chi connectivity index (χ4n) is 4.24. The number of allylic oxidation sites excluding steroid dienone is 1. The quantitative estimate of drug-likeness (QED) is 0.504. The number of aromatic hydroxyl groups is 2. The molecule has 2 rings (SSSR count). The number of carbonyl (C=O) groups is 2. The molecule has 28 heavy (non-hydrogen) atoms. The Hall–Kier alpha value is -2.14. The highest BCUT2D eigenvalue weighted by molar-refractivity contribution is 5.83. The molecule has 1 aliphatic carbocycles. The van der Waals surface area contributed by atoms with Crippen LogP contribution in [-0.2, 0) is 11.2 Å². The number of phenols is 2. The van der Waals surface area contributed by atoms with Crippen molar-refractivity contribution in [3.8, 4) is 11.5 Å². The average molecular weight is 389 g/mol. The first-order chi connectivity index (χ1) is 13.0. The Morgan fingerprint density at radius 3 is 2.61 bits per heavy atom. The molecule has 1 aromatic rings. The first kappa shape index (κ1) is 22.2. The molecule has 5 heteroatoms. The standard InChI is InChI=1S/C23H32O5/c1-13(6-8-17-20(26)10-14(2)18(12-24)22(17)28)21(27)11-23(5)15(3)7-9-19(25)16(23)4/h6,10,12,15-16,21,26-28H,7-9,11H2,1-5H3/t15-,16+,21+,23-/m1/s1. The summed E-state index contributed by atoms with van der Waals surface area (Å²) in [5.41, 5.74) is 1.37. The van der Waals surface area contributed by atoms with E-state index in [4.69, 9.17) is 0 Å². The van der Waals surface area contributed by atoms with Gasteiger partial charge in [0, 0.05) is 17.9 Å². The zero-order valence-electron chi connectivity index (χ0n) is 17.5. The molecule has 0 aliphatic heterocycles. The lowest BCUT2D eigenvalue weighted by molar-refractivity contribution is -0.133. The molecule has 0 aromatic heterocycles. The van der Waals surface area contributed by atoms with E-state index in [0.717, 1.165) is 6.42 Å². The zero-order chi connectivity index (χ0) is 21.2. The molecule has 154 valence electrons. The number of aliphatic hydroxyl groups is 1. The Labute approximate surface area is 167 Å². The van der Waals surface area contributed by atoms with Gasteiger partial charge in [-0.2, -0.15) is 0 Å². The fourth-order valence-corrected chi connectivity index (χ4v) is 4.24. The molecule has 0 bridgehead atoms. The number of aliphatic hydroxyl groups excluding tert-OH is 1. The summed E-state index contributed by atoms with van der Waals surface area (Å²) in [6.45, 7) is 9.61. The van der Waals surface area contributed by atoms with Crippen LogP contribution in [0.3, 0.4) is 0 Å². The molecule has 0 amide bonds. The molecule has 1 aliphatic rings. The number of rotatable bonds is 6. The van der Waals surface area contributed by atoms with Crippen LogP contribution in [0.15, 0.2) is 17.7 Å². The van der Waals surface area contributed by atoms with E-state index in [1.807, 2.05) is 6.92 Å². The Balaban J connectivity index is 2.20. The number of Topliss-reactive ketones (excluding diaryl/α,β-unsaturated/α-hetero) is 1. The molecule has 1 aromatic carbocycles. The minimum absolute atomic E-state index is 0.0776. The first-order valence-corrected chi connectivity index (χ1v) is 9.89. The first-order valence-electron chi connectivity index (χ1n) is 9.89. The number of aldehydes is 1. The van der Waals surface area contributed by atoms with Gasteiger partial charge in [0.15, 0.2) is 6.29 Å². The van der Waals surface area contributed by atoms with Crippen LogP contribution in [0.5, 0.6) is 11.5 Å². The highest BCUT2D eigenvalue weighted by atomic mass is 16.3. The number of hydrogen-bond acceptors (Lipinski definition) is 5. The molecular formula is C23H32O5. The predicted octanol–water partition coefficient (Wildman–Crippen LogP) is 4.10. The monoisotopic (exact) mass is 388 g/mol. The highest BCUT2D eigenvalue weighted by Gasteiger charge is 2.44. The largest absolute Gasteiger partial charge is 0.508 e. The van der Waals surface area contributed by atoms with Gasteiger partial charge in [-0.3, -0.25) is 9.59 Å². The summed E-state index contributed by atoms with van der Waals surface area (Å²) in [6.07, 6.45) is 3.73. The molecule has 1 saturated carbocycles. The SMILES string of the molecule is CC(=CCc1c(O)cc(C)c(C=O)c1O)[C@@H](O)C[C@]1(C)[C@H](C)CCC(=O)[C@@H]1C. The van der Waals surface area contributed by atoms with Gasteiger partial charge in [0.2, 0.25) is 0 Å². The Kier molecular flexibility index (Phi) is 6.71. The molecule has 1 fully saturated rings. The second-order valence-corrected chi connectivity index (χ2v) is 8.58. The van der Waals surface area contributed by atoms with E-state index in [0.29, 0.717) is 36.2 Å². The van der Waals surface area contributed by atoms with Crippen LogP contribution in [0.1, 0.15) is 68.4 Å². The van der Waals surface area contributed by atoms with E-state index >= 15 is 0 Å². The minimum atomic E-state index is -0.721. The van der Waals surface area contributed by atoms with E-state index in [2.05, 4.69) is 13.8 Å². The topological polar surface area (TPSA) is 94.8 Å². The molecule has 0 heterocycles. The van der Waals surface area contributed by atoms with Crippen molar-refractivity contribution in [2.45, 2.75) is 66.4 Å². The van der Waals surface area contributed by atoms with Gasteiger partial charge in [0.1, 0.15) is 17.3 Å². The van der Waals surface area contributed by atoms with Gasteiger partial charge >= 0.3 is 0 Å². The van der Waals surface area contributed by atoms with Gasteiger partial charge in [0.05, 0.1) is 11.7 Å². The summed E-state index contributed by atoms with van der Waals surface area (Å²) in [7, 11) is 0. The Morgan fingerprint density at radius 2 is 2.00 bits per heavy atom. The summed E-state index contributed by atoms with van der Waals surface area (Å²) >= 11 is 0. The smallest absolute Gasteiger partial charge is 0.154 e. The second-order valence-electron chi connectivity index (χ2n) is 8.58. The summed E-state index contributed by atoms with van der Waals surface area (Å²) in [6, 6.07) is 1.45. The van der Waals surface area contributed by atoms with E-state index in [1.54, 1.807) is 19.9 Å². The molecule has 4 atom stereocenters. The second kappa shape index (κ2) is 8.48. The summed E-state index contributed by atoms with van der Waals surface area (Å²) in [5, 5.41) is 31.2. The van der Waals surface area contributed by atoms with E-state index in [-0.39, 0.29) is 46.2 Å². The number of ketones is 1. The lowest BCUT2D eigenvalue weighted by Gasteiger charge is -2.45. The maximum Gasteiger partial charge on any atom is 0.154 e. The van der Waals surface area contributed by atoms with Gasteiger partial charge in [0.25, 0.3) is 0 Å². The van der Waals surface area contributed by atoms with Crippen LogP contribution in [0.4, 0.5) is 0 Å². The van der Waals surface area contributed by atoms with Crippen molar-refractivity contribution in [3.05, 3.63) is 34.4 Å². The normalized spacial score (nSPS) is 26.9. The number of carbonyl (C=O) groups excluding carboxylic acids is 2. The molecule has 0 spiro atoms. The van der Waals surface area contributed by atoms with Gasteiger partial charge in [-0.15, -0.1) is 0 Å². The van der Waals surface area contributed by atoms with Crippen LogP contribution in [0.25, 0.3) is 0 Å². The van der Waals surface area contributed by atoms with Crippen LogP contribution >= 0.6 is 0 Å². The third kappa shape index (κ3) is 4.14. The lowest BCUT2D eigenvalue weighted by atomic mass is 9.59. The van der Waals surface area contributed by atoms with Gasteiger partial charge in [-0.1, -0.05) is 26.8 Å². The van der Waals surface area contributed by atoms with Crippen LogP contribution < -0.4 is 0 Å². The minimum Gasteiger partial charge on any atom is -0.508 e. The van der Waals surface area contributed by atoms with Crippen molar-refractivity contribution in [2.75, 3.05) is 0 Å². The van der Waals surface area contributed by atoms with Crippen molar-refractivity contribution >= 4 is 12.1 Å². The third-order valence-electron chi connectivity index (χ3n) is 6.95. The van der Waals surface area contributed by atoms with E-state index < -0.39 is 6.10 Å². The number of phenolic OH excluding ortho intramolecular Hbond substituents is 2. The molecule has 0 radical (unpaired) electrons. The van der Waals surface area contributed by atoms with Gasteiger partial charge in [-0.25, -0.2) is 0 Å². The molecule has 5 nitrogen and oxygen atoms in total. The Bertz CT molecular complexity index is 795. The van der Waals surface area contributed by atoms with Crippen LogP contribution in [0.2, 0.25) is 0 Å².